The SMILES string of the molecule is O=C(C1CC=CC1)N1CCC(N(c2cc(C(F)(F)F)ncn2)C2CC2)CC1. The zero-order chi connectivity index (χ0) is 19.0. The Morgan fingerprint density at radius 1 is 1.04 bits per heavy atom. The molecule has 2 heterocycles. The molecule has 1 saturated carbocycles. The fourth-order valence-electron chi connectivity index (χ4n) is 4.11. The van der Waals surface area contributed by atoms with Crippen molar-refractivity contribution in [3.63, 3.8) is 0 Å². The van der Waals surface area contributed by atoms with Gasteiger partial charge in [0.1, 0.15) is 17.8 Å². The van der Waals surface area contributed by atoms with Crippen molar-refractivity contribution >= 4 is 11.7 Å². The summed E-state index contributed by atoms with van der Waals surface area (Å²) in [6.45, 7) is 1.31. The van der Waals surface area contributed by atoms with Crippen LogP contribution >= 0.6 is 0 Å². The minimum atomic E-state index is -4.47. The molecule has 0 unspecified atom stereocenters. The first-order valence-electron chi connectivity index (χ1n) is 9.55. The van der Waals surface area contributed by atoms with Gasteiger partial charge >= 0.3 is 6.18 Å². The molecule has 4 rings (SSSR count). The second kappa shape index (κ2) is 7.13. The van der Waals surface area contributed by atoms with Gasteiger partial charge in [0, 0.05) is 37.2 Å². The summed E-state index contributed by atoms with van der Waals surface area (Å²) in [6.07, 6.45) is 5.71. The van der Waals surface area contributed by atoms with Gasteiger partial charge in [-0.05, 0) is 38.5 Å². The van der Waals surface area contributed by atoms with Gasteiger partial charge in [-0.3, -0.25) is 4.79 Å². The van der Waals surface area contributed by atoms with Crippen molar-refractivity contribution in [3.05, 3.63) is 30.2 Å². The van der Waals surface area contributed by atoms with Gasteiger partial charge in [-0.1, -0.05) is 12.2 Å². The molecule has 27 heavy (non-hydrogen) atoms. The molecule has 2 fully saturated rings. The second-order valence-electron chi connectivity index (χ2n) is 7.59. The molecule has 2 aliphatic carbocycles. The van der Waals surface area contributed by atoms with Gasteiger partial charge in [0.05, 0.1) is 0 Å². The van der Waals surface area contributed by atoms with E-state index in [0.29, 0.717) is 18.9 Å². The number of aromatic nitrogens is 2. The van der Waals surface area contributed by atoms with Crippen molar-refractivity contribution in [2.24, 2.45) is 5.92 Å². The molecule has 0 spiro atoms. The summed E-state index contributed by atoms with van der Waals surface area (Å²) in [7, 11) is 0. The number of piperidine rings is 1. The fraction of sp³-hybridized carbons (Fsp3) is 0.632. The Hall–Kier alpha value is -2.12. The summed E-state index contributed by atoms with van der Waals surface area (Å²) in [5, 5.41) is 0. The van der Waals surface area contributed by atoms with Crippen molar-refractivity contribution in [1.82, 2.24) is 14.9 Å². The number of halogens is 3. The van der Waals surface area contributed by atoms with Crippen LogP contribution in [0, 0.1) is 5.92 Å². The Morgan fingerprint density at radius 2 is 1.67 bits per heavy atom. The van der Waals surface area contributed by atoms with Crippen molar-refractivity contribution in [1.29, 1.82) is 0 Å². The number of hydrogen-bond acceptors (Lipinski definition) is 4. The lowest BCUT2D eigenvalue weighted by Crippen LogP contribution is -2.49. The predicted molar refractivity (Wildman–Crippen MR) is 94.0 cm³/mol. The molecule has 1 aromatic heterocycles. The maximum atomic E-state index is 13.0. The van der Waals surface area contributed by atoms with Gasteiger partial charge in [-0.2, -0.15) is 13.2 Å². The quantitative estimate of drug-likeness (QED) is 0.751. The molecule has 0 aromatic carbocycles. The van der Waals surface area contributed by atoms with E-state index in [1.165, 1.54) is 0 Å². The van der Waals surface area contributed by atoms with Crippen LogP contribution in [0.1, 0.15) is 44.2 Å². The summed E-state index contributed by atoms with van der Waals surface area (Å²) in [4.78, 5) is 24.0. The molecule has 8 heteroatoms. The minimum absolute atomic E-state index is 0.0669. The lowest BCUT2D eigenvalue weighted by atomic mass is 9.99. The van der Waals surface area contributed by atoms with Crippen LogP contribution in [0.5, 0.6) is 0 Å². The van der Waals surface area contributed by atoms with Gasteiger partial charge in [0.15, 0.2) is 0 Å². The van der Waals surface area contributed by atoms with E-state index in [1.807, 2.05) is 9.80 Å². The number of nitrogens with zero attached hydrogens (tertiary/aromatic N) is 4. The molecule has 1 aliphatic heterocycles. The number of likely N-dealkylation sites (tertiary alicyclic amines) is 1. The van der Waals surface area contributed by atoms with Crippen LogP contribution < -0.4 is 4.90 Å². The molecule has 1 aromatic rings. The number of hydrogen-bond donors (Lipinski definition) is 0. The number of rotatable bonds is 4. The van der Waals surface area contributed by atoms with Crippen LogP contribution in [0.4, 0.5) is 19.0 Å². The molecule has 0 N–H and O–H groups in total. The molecule has 0 bridgehead atoms. The smallest absolute Gasteiger partial charge is 0.350 e. The second-order valence-corrected chi connectivity index (χ2v) is 7.59. The zero-order valence-corrected chi connectivity index (χ0v) is 15.0. The molecular formula is C19H23F3N4O. The number of allylic oxidation sites excluding steroid dienone is 2. The first-order chi connectivity index (χ1) is 12.9. The Morgan fingerprint density at radius 3 is 2.26 bits per heavy atom. The summed E-state index contributed by atoms with van der Waals surface area (Å²) in [6, 6.07) is 1.41. The van der Waals surface area contributed by atoms with Gasteiger partial charge in [-0.25, -0.2) is 9.97 Å². The van der Waals surface area contributed by atoms with Crippen LogP contribution in [0.15, 0.2) is 24.5 Å². The number of anilines is 1. The molecular weight excluding hydrogens is 357 g/mol. The van der Waals surface area contributed by atoms with Gasteiger partial charge in [-0.15, -0.1) is 0 Å². The highest BCUT2D eigenvalue weighted by atomic mass is 19.4. The minimum Gasteiger partial charge on any atom is -0.350 e. The normalized spacial score (nSPS) is 21.7. The average Bonchev–Trinajstić information content (AvgIpc) is 3.33. The molecule has 5 nitrogen and oxygen atoms in total. The number of carbonyl (C=O) groups excluding carboxylic acids is 1. The van der Waals surface area contributed by atoms with Crippen molar-refractivity contribution in [2.45, 2.75) is 56.8 Å². The summed E-state index contributed by atoms with van der Waals surface area (Å²) in [5.74, 6) is 0.625. The van der Waals surface area contributed by atoms with Crippen molar-refractivity contribution < 1.29 is 18.0 Å². The summed E-state index contributed by atoms with van der Waals surface area (Å²) >= 11 is 0. The van der Waals surface area contributed by atoms with Crippen LogP contribution in [-0.2, 0) is 11.0 Å². The monoisotopic (exact) mass is 380 g/mol. The molecule has 0 radical (unpaired) electrons. The van der Waals surface area contributed by atoms with Crippen LogP contribution in [0.25, 0.3) is 0 Å². The maximum Gasteiger partial charge on any atom is 0.433 e. The lowest BCUT2D eigenvalue weighted by molar-refractivity contribution is -0.141. The third kappa shape index (κ3) is 3.94. The first-order valence-corrected chi connectivity index (χ1v) is 9.55. The fourth-order valence-corrected chi connectivity index (χ4v) is 4.11. The highest BCUT2D eigenvalue weighted by molar-refractivity contribution is 5.79. The Balaban J connectivity index is 1.44. The van der Waals surface area contributed by atoms with E-state index < -0.39 is 11.9 Å². The maximum absolute atomic E-state index is 13.0. The highest BCUT2D eigenvalue weighted by Crippen LogP contribution is 2.37. The van der Waals surface area contributed by atoms with E-state index in [2.05, 4.69) is 22.1 Å². The van der Waals surface area contributed by atoms with E-state index in [-0.39, 0.29) is 23.9 Å². The summed E-state index contributed by atoms with van der Waals surface area (Å²) < 4.78 is 39.1. The van der Waals surface area contributed by atoms with E-state index in [9.17, 15) is 18.0 Å². The van der Waals surface area contributed by atoms with Crippen LogP contribution in [0.3, 0.4) is 0 Å². The number of amides is 1. The van der Waals surface area contributed by atoms with E-state index in [0.717, 1.165) is 50.9 Å². The molecule has 1 amide bonds. The van der Waals surface area contributed by atoms with Gasteiger partial charge in [0.25, 0.3) is 0 Å². The molecule has 146 valence electrons. The Kier molecular flexibility index (Phi) is 4.82. The average molecular weight is 380 g/mol. The molecule has 3 aliphatic rings. The number of carbonyl (C=O) groups is 1. The third-order valence-corrected chi connectivity index (χ3v) is 5.67. The summed E-state index contributed by atoms with van der Waals surface area (Å²) in [5.41, 5.74) is -0.903. The topological polar surface area (TPSA) is 49.3 Å². The van der Waals surface area contributed by atoms with Gasteiger partial charge < -0.3 is 9.80 Å². The highest BCUT2D eigenvalue weighted by Gasteiger charge is 2.39. The largest absolute Gasteiger partial charge is 0.433 e. The van der Waals surface area contributed by atoms with Crippen LogP contribution in [-0.4, -0.2) is 45.9 Å². The Labute approximate surface area is 156 Å². The van der Waals surface area contributed by atoms with Gasteiger partial charge in [0.2, 0.25) is 5.91 Å². The first kappa shape index (κ1) is 18.3. The van der Waals surface area contributed by atoms with E-state index >= 15 is 0 Å². The Bertz CT molecular complexity index is 716. The lowest BCUT2D eigenvalue weighted by Gasteiger charge is -2.40. The zero-order valence-electron chi connectivity index (χ0n) is 15.0. The van der Waals surface area contributed by atoms with E-state index in [1.54, 1.807) is 0 Å². The predicted octanol–water partition coefficient (Wildman–Crippen LogP) is 3.42. The standard InChI is InChI=1S/C19H23F3N4O/c20-19(21,22)16-11-17(24-12-23-16)26(14-5-6-14)15-7-9-25(10-8-15)18(27)13-3-1-2-4-13/h1-2,11-15H,3-10H2. The van der Waals surface area contributed by atoms with E-state index in [4.69, 9.17) is 0 Å². The van der Waals surface area contributed by atoms with Crippen LogP contribution in [0.2, 0.25) is 0 Å². The van der Waals surface area contributed by atoms with Crippen molar-refractivity contribution in [2.75, 3.05) is 18.0 Å². The molecule has 1 saturated heterocycles. The molecule has 0 atom stereocenters. The number of alkyl halides is 3. The third-order valence-electron chi connectivity index (χ3n) is 5.67. The van der Waals surface area contributed by atoms with Crippen molar-refractivity contribution in [3.8, 4) is 0 Å².